The van der Waals surface area contributed by atoms with Gasteiger partial charge in [-0.25, -0.2) is 4.79 Å². The normalized spacial score (nSPS) is 19.7. The van der Waals surface area contributed by atoms with Crippen molar-refractivity contribution >= 4 is 34.9 Å². The van der Waals surface area contributed by atoms with Crippen molar-refractivity contribution in [2.24, 2.45) is 0 Å². The summed E-state index contributed by atoms with van der Waals surface area (Å²) in [5.74, 6) is -0.891. The van der Waals surface area contributed by atoms with Crippen molar-refractivity contribution < 1.29 is 9.90 Å². The minimum atomic E-state index is -0.891. The molecule has 0 bridgehead atoms. The fraction of sp³-hybridized carbons (Fsp3) is 0.235. The monoisotopic (exact) mass is 350 g/mol. The Morgan fingerprint density at radius 1 is 1.26 bits per heavy atom. The summed E-state index contributed by atoms with van der Waals surface area (Å²) in [7, 11) is 0. The number of anilines is 1. The molecule has 0 saturated heterocycles. The number of carbonyl (C=O) groups is 1. The zero-order chi connectivity index (χ0) is 16.4. The van der Waals surface area contributed by atoms with Crippen molar-refractivity contribution in [2.45, 2.75) is 25.0 Å². The van der Waals surface area contributed by atoms with Gasteiger partial charge in [0.15, 0.2) is 0 Å². The average Bonchev–Trinajstić information content (AvgIpc) is 2.52. The van der Waals surface area contributed by atoms with E-state index in [4.69, 9.17) is 23.2 Å². The van der Waals surface area contributed by atoms with Gasteiger partial charge in [-0.2, -0.15) is 0 Å². The number of nitrogens with one attached hydrogen (secondary N) is 2. The molecule has 1 heterocycles. The molecule has 2 aromatic carbocycles. The number of rotatable bonds is 4. The molecule has 0 amide bonds. The van der Waals surface area contributed by atoms with Gasteiger partial charge in [0.1, 0.15) is 6.04 Å². The van der Waals surface area contributed by atoms with Crippen LogP contribution in [0.1, 0.15) is 23.6 Å². The molecule has 1 aliphatic heterocycles. The standard InChI is InChI=1S/C17H16Cl2N2O2/c18-11-6-12(19)16-13(20-9-10-4-2-1-3-5-10)8-15(17(22)23)21-14(16)7-11/h1-7,13,15,20-21H,8-9H2,(H,22,23)/t13-,15+/m1/s1. The Morgan fingerprint density at radius 2 is 2.00 bits per heavy atom. The maximum atomic E-state index is 11.4. The van der Waals surface area contributed by atoms with E-state index in [0.717, 1.165) is 11.1 Å². The molecule has 0 radical (unpaired) electrons. The number of hydrogen-bond acceptors (Lipinski definition) is 3. The van der Waals surface area contributed by atoms with Crippen LogP contribution in [0.4, 0.5) is 5.69 Å². The number of fused-ring (bicyclic) bond motifs is 1. The highest BCUT2D eigenvalue weighted by Crippen LogP contribution is 2.39. The SMILES string of the molecule is O=C(O)[C@@H]1C[C@@H](NCc2ccccc2)c2c(Cl)cc(Cl)cc2N1. The van der Waals surface area contributed by atoms with E-state index in [2.05, 4.69) is 10.6 Å². The molecule has 3 N–H and O–H groups in total. The van der Waals surface area contributed by atoms with Gasteiger partial charge in [-0.3, -0.25) is 0 Å². The lowest BCUT2D eigenvalue weighted by atomic mass is 9.92. The Hall–Kier alpha value is -1.75. The van der Waals surface area contributed by atoms with Crippen molar-refractivity contribution in [1.29, 1.82) is 0 Å². The third-order valence-electron chi connectivity index (χ3n) is 3.94. The molecule has 0 fully saturated rings. The van der Waals surface area contributed by atoms with Crippen LogP contribution in [-0.2, 0) is 11.3 Å². The fourth-order valence-corrected chi connectivity index (χ4v) is 3.47. The smallest absolute Gasteiger partial charge is 0.326 e. The van der Waals surface area contributed by atoms with Crippen molar-refractivity contribution in [3.05, 3.63) is 63.6 Å². The van der Waals surface area contributed by atoms with E-state index in [9.17, 15) is 9.90 Å². The second-order valence-corrected chi connectivity index (χ2v) is 6.38. The number of halogens is 2. The first kappa shape index (κ1) is 16.1. The van der Waals surface area contributed by atoms with Gasteiger partial charge in [0.25, 0.3) is 0 Å². The molecule has 1 aliphatic rings. The maximum Gasteiger partial charge on any atom is 0.326 e. The van der Waals surface area contributed by atoms with E-state index in [0.29, 0.717) is 28.7 Å². The summed E-state index contributed by atoms with van der Waals surface area (Å²) in [6.07, 6.45) is 0.413. The first-order chi connectivity index (χ1) is 11.0. The largest absolute Gasteiger partial charge is 0.480 e. The second-order valence-electron chi connectivity index (χ2n) is 5.54. The van der Waals surface area contributed by atoms with Crippen molar-refractivity contribution in [2.75, 3.05) is 5.32 Å². The first-order valence-corrected chi connectivity index (χ1v) is 8.06. The molecule has 3 rings (SSSR count). The van der Waals surface area contributed by atoms with Crippen LogP contribution in [0.2, 0.25) is 10.0 Å². The minimum absolute atomic E-state index is 0.155. The van der Waals surface area contributed by atoms with Gasteiger partial charge in [-0.15, -0.1) is 0 Å². The van der Waals surface area contributed by atoms with E-state index in [1.807, 2.05) is 30.3 Å². The molecule has 120 valence electrons. The highest BCUT2D eigenvalue weighted by molar-refractivity contribution is 6.35. The van der Waals surface area contributed by atoms with Crippen LogP contribution in [0.25, 0.3) is 0 Å². The summed E-state index contributed by atoms with van der Waals surface area (Å²) >= 11 is 12.4. The molecule has 23 heavy (non-hydrogen) atoms. The van der Waals surface area contributed by atoms with Gasteiger partial charge in [0, 0.05) is 33.9 Å². The number of carboxylic acids is 1. The fourth-order valence-electron chi connectivity index (χ4n) is 2.84. The van der Waals surface area contributed by atoms with Crippen LogP contribution in [-0.4, -0.2) is 17.1 Å². The minimum Gasteiger partial charge on any atom is -0.480 e. The maximum absolute atomic E-state index is 11.4. The van der Waals surface area contributed by atoms with E-state index in [1.165, 1.54) is 0 Å². The molecule has 2 atom stereocenters. The quantitative estimate of drug-likeness (QED) is 0.776. The van der Waals surface area contributed by atoms with Crippen LogP contribution < -0.4 is 10.6 Å². The lowest BCUT2D eigenvalue weighted by molar-refractivity contribution is -0.138. The summed E-state index contributed by atoms with van der Waals surface area (Å²) in [4.78, 5) is 11.4. The zero-order valence-electron chi connectivity index (χ0n) is 12.2. The lowest BCUT2D eigenvalue weighted by Gasteiger charge is -2.32. The van der Waals surface area contributed by atoms with Gasteiger partial charge >= 0.3 is 5.97 Å². The zero-order valence-corrected chi connectivity index (χ0v) is 13.7. The van der Waals surface area contributed by atoms with Crippen molar-refractivity contribution in [1.82, 2.24) is 5.32 Å². The van der Waals surface area contributed by atoms with E-state index in [1.54, 1.807) is 12.1 Å². The van der Waals surface area contributed by atoms with E-state index >= 15 is 0 Å². The van der Waals surface area contributed by atoms with Crippen LogP contribution in [0, 0.1) is 0 Å². The van der Waals surface area contributed by atoms with Gasteiger partial charge in [-0.1, -0.05) is 53.5 Å². The van der Waals surface area contributed by atoms with Crippen LogP contribution in [0.15, 0.2) is 42.5 Å². The summed E-state index contributed by atoms with van der Waals surface area (Å²) in [6.45, 7) is 0.635. The Labute approximate surface area is 144 Å². The highest BCUT2D eigenvalue weighted by Gasteiger charge is 2.32. The van der Waals surface area contributed by atoms with Crippen molar-refractivity contribution in [3.63, 3.8) is 0 Å². The van der Waals surface area contributed by atoms with Gasteiger partial charge in [0.2, 0.25) is 0 Å². The summed E-state index contributed by atoms with van der Waals surface area (Å²) < 4.78 is 0. The molecular formula is C17H16Cl2N2O2. The molecular weight excluding hydrogens is 335 g/mol. The molecule has 6 heteroatoms. The average molecular weight is 351 g/mol. The molecule has 0 saturated carbocycles. The number of aliphatic carboxylic acids is 1. The Bertz CT molecular complexity index is 722. The molecule has 0 spiro atoms. The molecule has 0 aliphatic carbocycles. The topological polar surface area (TPSA) is 61.4 Å². The predicted molar refractivity (Wildman–Crippen MR) is 92.1 cm³/mol. The summed E-state index contributed by atoms with van der Waals surface area (Å²) in [6, 6.07) is 12.5. The Morgan fingerprint density at radius 3 is 2.70 bits per heavy atom. The Balaban J connectivity index is 1.88. The Kier molecular flexibility index (Phi) is 4.76. The number of benzene rings is 2. The third-order valence-corrected chi connectivity index (χ3v) is 4.47. The lowest BCUT2D eigenvalue weighted by Crippen LogP contribution is -2.39. The third kappa shape index (κ3) is 3.61. The van der Waals surface area contributed by atoms with Gasteiger partial charge in [-0.05, 0) is 24.1 Å². The molecule has 2 aromatic rings. The van der Waals surface area contributed by atoms with E-state index < -0.39 is 12.0 Å². The first-order valence-electron chi connectivity index (χ1n) is 7.30. The molecule has 0 unspecified atom stereocenters. The molecule has 4 nitrogen and oxygen atoms in total. The predicted octanol–water partition coefficient (Wildman–Crippen LogP) is 4.09. The summed E-state index contributed by atoms with van der Waals surface area (Å²) in [5.41, 5.74) is 2.67. The van der Waals surface area contributed by atoms with Gasteiger partial charge in [0.05, 0.1) is 0 Å². The second kappa shape index (κ2) is 6.79. The van der Waals surface area contributed by atoms with Crippen molar-refractivity contribution in [3.8, 4) is 0 Å². The number of hydrogen-bond donors (Lipinski definition) is 3. The van der Waals surface area contributed by atoms with Crippen LogP contribution in [0.5, 0.6) is 0 Å². The van der Waals surface area contributed by atoms with Crippen LogP contribution in [0.3, 0.4) is 0 Å². The number of carboxylic acid groups (broad SMARTS) is 1. The van der Waals surface area contributed by atoms with Gasteiger partial charge < -0.3 is 15.7 Å². The molecule has 0 aromatic heterocycles. The van der Waals surface area contributed by atoms with Crippen LogP contribution >= 0.6 is 23.2 Å². The summed E-state index contributed by atoms with van der Waals surface area (Å²) in [5, 5.41) is 16.8. The van der Waals surface area contributed by atoms with E-state index in [-0.39, 0.29) is 6.04 Å². The highest BCUT2D eigenvalue weighted by atomic mass is 35.5.